The standard InChI is InChI=1S/C13H17NO3/c1-8-5-10(13(6-8)3-4-13)11(15)14-9(2)7-17-12(14)16/h9-10H,1,3-7H2,2H3/t9-,10-/m0/s1. The SMILES string of the molecule is C=C1C[C@@H](C(=O)N2C(=O)OC[C@@H]2C)C2(CC2)C1. The van der Waals surface area contributed by atoms with E-state index in [1.165, 1.54) is 4.90 Å². The molecule has 92 valence electrons. The second-order valence-corrected chi connectivity index (χ2v) is 5.68. The van der Waals surface area contributed by atoms with E-state index in [0.717, 1.165) is 31.3 Å². The maximum absolute atomic E-state index is 12.5. The molecule has 2 saturated carbocycles. The van der Waals surface area contributed by atoms with Crippen LogP contribution < -0.4 is 0 Å². The molecule has 0 bridgehead atoms. The molecule has 2 amide bonds. The third-order valence-corrected chi connectivity index (χ3v) is 4.35. The molecule has 2 atom stereocenters. The van der Waals surface area contributed by atoms with E-state index in [1.54, 1.807) is 0 Å². The van der Waals surface area contributed by atoms with Crippen molar-refractivity contribution >= 4 is 12.0 Å². The second kappa shape index (κ2) is 3.34. The maximum atomic E-state index is 12.5. The van der Waals surface area contributed by atoms with Gasteiger partial charge in [-0.05, 0) is 38.0 Å². The molecule has 4 heteroatoms. The third-order valence-electron chi connectivity index (χ3n) is 4.35. The Hall–Kier alpha value is -1.32. The van der Waals surface area contributed by atoms with Crippen LogP contribution in [0.2, 0.25) is 0 Å². The molecule has 0 aromatic heterocycles. The number of hydrogen-bond donors (Lipinski definition) is 0. The molecule has 1 heterocycles. The van der Waals surface area contributed by atoms with Gasteiger partial charge >= 0.3 is 6.09 Å². The molecule has 1 spiro atoms. The summed E-state index contributed by atoms with van der Waals surface area (Å²) in [6, 6.07) is -0.125. The summed E-state index contributed by atoms with van der Waals surface area (Å²) in [6.45, 7) is 6.18. The van der Waals surface area contributed by atoms with Gasteiger partial charge in [0.25, 0.3) is 0 Å². The summed E-state index contributed by atoms with van der Waals surface area (Å²) in [4.78, 5) is 25.3. The Morgan fingerprint density at radius 1 is 1.53 bits per heavy atom. The fraction of sp³-hybridized carbons (Fsp3) is 0.692. The lowest BCUT2D eigenvalue weighted by Gasteiger charge is -2.23. The van der Waals surface area contributed by atoms with Gasteiger partial charge in [-0.3, -0.25) is 4.79 Å². The van der Waals surface area contributed by atoms with Gasteiger partial charge in [-0.2, -0.15) is 0 Å². The van der Waals surface area contributed by atoms with Crippen molar-refractivity contribution in [1.82, 2.24) is 4.90 Å². The highest BCUT2D eigenvalue weighted by atomic mass is 16.6. The van der Waals surface area contributed by atoms with Crippen molar-refractivity contribution in [2.45, 2.75) is 38.6 Å². The van der Waals surface area contributed by atoms with Crippen molar-refractivity contribution < 1.29 is 14.3 Å². The first-order valence-electron chi connectivity index (χ1n) is 6.20. The van der Waals surface area contributed by atoms with Gasteiger partial charge in [-0.1, -0.05) is 12.2 Å². The quantitative estimate of drug-likeness (QED) is 0.654. The van der Waals surface area contributed by atoms with Gasteiger partial charge in [0.2, 0.25) is 5.91 Å². The number of allylic oxidation sites excluding steroid dienone is 1. The van der Waals surface area contributed by atoms with Gasteiger partial charge < -0.3 is 4.74 Å². The number of nitrogens with zero attached hydrogens (tertiary/aromatic N) is 1. The molecule has 0 N–H and O–H groups in total. The maximum Gasteiger partial charge on any atom is 0.416 e. The summed E-state index contributed by atoms with van der Waals surface area (Å²) >= 11 is 0. The summed E-state index contributed by atoms with van der Waals surface area (Å²) in [7, 11) is 0. The van der Waals surface area contributed by atoms with Crippen molar-refractivity contribution in [2.24, 2.45) is 11.3 Å². The van der Waals surface area contributed by atoms with Crippen LogP contribution in [0, 0.1) is 11.3 Å². The normalized spacial score (nSPS) is 34.3. The number of imide groups is 1. The van der Waals surface area contributed by atoms with Crippen LogP contribution in [0.25, 0.3) is 0 Å². The van der Waals surface area contributed by atoms with Crippen molar-refractivity contribution in [3.63, 3.8) is 0 Å². The zero-order chi connectivity index (χ0) is 12.2. The lowest BCUT2D eigenvalue weighted by Crippen LogP contribution is -2.42. The topological polar surface area (TPSA) is 46.6 Å². The summed E-state index contributed by atoms with van der Waals surface area (Å²) in [5.74, 6) is -0.0840. The van der Waals surface area contributed by atoms with Gasteiger partial charge in [-0.15, -0.1) is 0 Å². The first-order valence-corrected chi connectivity index (χ1v) is 6.20. The first kappa shape index (κ1) is 10.8. The lowest BCUT2D eigenvalue weighted by molar-refractivity contribution is -0.134. The van der Waals surface area contributed by atoms with Gasteiger partial charge in [0.05, 0.1) is 6.04 Å². The molecule has 17 heavy (non-hydrogen) atoms. The van der Waals surface area contributed by atoms with Crippen LogP contribution in [0.1, 0.15) is 32.6 Å². The van der Waals surface area contributed by atoms with E-state index >= 15 is 0 Å². The largest absolute Gasteiger partial charge is 0.447 e. The zero-order valence-electron chi connectivity index (χ0n) is 10.1. The van der Waals surface area contributed by atoms with Gasteiger partial charge in [0.15, 0.2) is 0 Å². The number of amides is 2. The van der Waals surface area contributed by atoms with E-state index in [9.17, 15) is 9.59 Å². The van der Waals surface area contributed by atoms with Crippen molar-refractivity contribution in [1.29, 1.82) is 0 Å². The monoisotopic (exact) mass is 235 g/mol. The number of rotatable bonds is 1. The molecule has 2 aliphatic carbocycles. The number of ether oxygens (including phenoxy) is 1. The van der Waals surface area contributed by atoms with Crippen molar-refractivity contribution in [3.8, 4) is 0 Å². The van der Waals surface area contributed by atoms with E-state index in [4.69, 9.17) is 4.74 Å². The Morgan fingerprint density at radius 2 is 2.24 bits per heavy atom. The average Bonchev–Trinajstić information content (AvgIpc) is 2.83. The highest BCUT2D eigenvalue weighted by molar-refractivity contribution is 5.95. The van der Waals surface area contributed by atoms with E-state index < -0.39 is 6.09 Å². The minimum atomic E-state index is -0.476. The molecule has 0 aromatic carbocycles. The van der Waals surface area contributed by atoms with Crippen LogP contribution in [-0.2, 0) is 9.53 Å². The van der Waals surface area contributed by atoms with Crippen LogP contribution in [0.3, 0.4) is 0 Å². The molecule has 1 aliphatic heterocycles. The van der Waals surface area contributed by atoms with Crippen molar-refractivity contribution in [3.05, 3.63) is 12.2 Å². The number of cyclic esters (lactones) is 1. The fourth-order valence-corrected chi connectivity index (χ4v) is 3.22. The first-order chi connectivity index (χ1) is 8.03. The Labute approximate surface area is 101 Å². The highest BCUT2D eigenvalue weighted by Crippen LogP contribution is 2.63. The van der Waals surface area contributed by atoms with Gasteiger partial charge in [-0.25, -0.2) is 9.69 Å². The number of hydrogen-bond acceptors (Lipinski definition) is 3. The molecular formula is C13H17NO3. The Kier molecular flexibility index (Phi) is 2.12. The van der Waals surface area contributed by atoms with Crippen LogP contribution in [-0.4, -0.2) is 29.5 Å². The Balaban J connectivity index is 1.83. The predicted molar refractivity (Wildman–Crippen MR) is 61.2 cm³/mol. The Morgan fingerprint density at radius 3 is 2.76 bits per heavy atom. The minimum absolute atomic E-state index is 0.0388. The second-order valence-electron chi connectivity index (χ2n) is 5.68. The lowest BCUT2D eigenvalue weighted by atomic mass is 9.91. The number of carbonyl (C=O) groups excluding carboxylic acids is 2. The molecule has 3 aliphatic rings. The van der Waals surface area contributed by atoms with E-state index in [1.807, 2.05) is 6.92 Å². The average molecular weight is 235 g/mol. The molecule has 0 aromatic rings. The molecule has 4 nitrogen and oxygen atoms in total. The highest BCUT2D eigenvalue weighted by Gasteiger charge is 2.58. The molecular weight excluding hydrogens is 218 g/mol. The molecule has 1 saturated heterocycles. The minimum Gasteiger partial charge on any atom is -0.447 e. The fourth-order valence-electron chi connectivity index (χ4n) is 3.22. The predicted octanol–water partition coefficient (Wildman–Crippen LogP) is 2.10. The summed E-state index contributed by atoms with van der Waals surface area (Å²) in [6.07, 6.45) is 3.42. The van der Waals surface area contributed by atoms with Crippen LogP contribution in [0.5, 0.6) is 0 Å². The summed E-state index contributed by atoms with van der Waals surface area (Å²) in [5.41, 5.74) is 1.29. The van der Waals surface area contributed by atoms with Gasteiger partial charge in [0, 0.05) is 5.92 Å². The molecule has 3 rings (SSSR count). The van der Waals surface area contributed by atoms with E-state index in [-0.39, 0.29) is 23.3 Å². The summed E-state index contributed by atoms with van der Waals surface area (Å²) in [5, 5.41) is 0. The van der Waals surface area contributed by atoms with Gasteiger partial charge in [0.1, 0.15) is 6.61 Å². The van der Waals surface area contributed by atoms with Crippen LogP contribution in [0.4, 0.5) is 4.79 Å². The smallest absolute Gasteiger partial charge is 0.416 e. The van der Waals surface area contributed by atoms with Crippen molar-refractivity contribution in [2.75, 3.05) is 6.61 Å². The zero-order valence-corrected chi connectivity index (χ0v) is 10.1. The molecule has 0 unspecified atom stereocenters. The van der Waals surface area contributed by atoms with E-state index in [0.29, 0.717) is 6.61 Å². The third kappa shape index (κ3) is 1.50. The summed E-state index contributed by atoms with van der Waals surface area (Å²) < 4.78 is 4.92. The van der Waals surface area contributed by atoms with Crippen LogP contribution >= 0.6 is 0 Å². The Bertz CT molecular complexity index is 411. The number of carbonyl (C=O) groups is 2. The molecule has 0 radical (unpaired) electrons. The molecule has 3 fully saturated rings. The van der Waals surface area contributed by atoms with E-state index in [2.05, 4.69) is 6.58 Å². The van der Waals surface area contributed by atoms with Crippen LogP contribution in [0.15, 0.2) is 12.2 Å².